The van der Waals surface area contributed by atoms with Crippen molar-refractivity contribution in [2.75, 3.05) is 4.90 Å². The van der Waals surface area contributed by atoms with Gasteiger partial charge in [0.15, 0.2) is 0 Å². The van der Waals surface area contributed by atoms with Gasteiger partial charge in [-0.3, -0.25) is 24.1 Å². The van der Waals surface area contributed by atoms with E-state index >= 15 is 26.3 Å². The van der Waals surface area contributed by atoms with Crippen LogP contribution in [-0.4, -0.2) is 46.9 Å². The van der Waals surface area contributed by atoms with E-state index in [4.69, 9.17) is 0 Å². The maximum absolute atomic E-state index is 15.6. The molecule has 4 amide bonds. The highest BCUT2D eigenvalue weighted by Crippen LogP contribution is 2.57. The Bertz CT molecular complexity index is 3750. The van der Waals surface area contributed by atoms with Crippen molar-refractivity contribution in [2.24, 2.45) is 0 Å². The van der Waals surface area contributed by atoms with E-state index in [9.17, 15) is 71.9 Å². The van der Waals surface area contributed by atoms with Crippen LogP contribution in [0.25, 0.3) is 22.3 Å². The minimum Gasteiger partial charge on any atom is -0.272 e. The number of carbonyl (C=O) groups is 4. The average molecular weight is 1250 g/mol. The Morgan fingerprint density at radius 3 is 1.08 bits per heavy atom. The van der Waals surface area contributed by atoms with E-state index in [2.05, 4.69) is 0 Å². The van der Waals surface area contributed by atoms with Crippen molar-refractivity contribution in [2.45, 2.75) is 114 Å². The Labute approximate surface area is 489 Å². The van der Waals surface area contributed by atoms with Gasteiger partial charge in [0.2, 0.25) is 5.41 Å². The molecule has 2 atom stereocenters. The highest BCUT2D eigenvalue weighted by Gasteiger charge is 2.73. The molecule has 2 aliphatic rings. The molecule has 2 aliphatic heterocycles. The summed E-state index contributed by atoms with van der Waals surface area (Å²) < 4.78 is 266. The van der Waals surface area contributed by atoms with Gasteiger partial charge in [-0.25, -0.2) is 4.90 Å². The second-order valence-electron chi connectivity index (χ2n) is 21.8. The van der Waals surface area contributed by atoms with Crippen molar-refractivity contribution in [3.8, 4) is 22.3 Å². The quantitative estimate of drug-likeness (QED) is 0.0655. The van der Waals surface area contributed by atoms with Crippen molar-refractivity contribution in [3.05, 3.63) is 217 Å². The Balaban J connectivity index is 1.21. The molecule has 2 heterocycles. The molecule has 0 radical (unpaired) electrons. The van der Waals surface area contributed by atoms with Crippen molar-refractivity contribution in [3.63, 3.8) is 0 Å². The van der Waals surface area contributed by atoms with Gasteiger partial charge in [-0.1, -0.05) is 88.4 Å². The molecule has 2 unspecified atom stereocenters. The van der Waals surface area contributed by atoms with Gasteiger partial charge in [-0.05, 0) is 166 Å². The van der Waals surface area contributed by atoms with Crippen LogP contribution in [0.3, 0.4) is 0 Å². The molecule has 0 aromatic heterocycles. The lowest BCUT2D eigenvalue weighted by Gasteiger charge is -2.38. The van der Waals surface area contributed by atoms with Crippen LogP contribution in [0.15, 0.2) is 140 Å². The van der Waals surface area contributed by atoms with Crippen molar-refractivity contribution in [1.82, 2.24) is 4.90 Å². The molecule has 462 valence electrons. The lowest BCUT2D eigenvalue weighted by molar-refractivity contribution is -0.288. The molecule has 0 saturated carbocycles. The van der Waals surface area contributed by atoms with Gasteiger partial charge >= 0.3 is 37.1 Å². The number of anilines is 1. The average Bonchev–Trinajstić information content (AvgIpc) is 1.29. The highest BCUT2D eigenvalue weighted by atomic mass is 19.4. The smallest absolute Gasteiger partial charge is 0.272 e. The first-order valence-electron chi connectivity index (χ1n) is 26.8. The molecule has 6 nitrogen and oxygen atoms in total. The first-order chi connectivity index (χ1) is 40.7. The fraction of sp³-hybridized carbons (Fsp3) is 0.281. The van der Waals surface area contributed by atoms with Crippen LogP contribution in [0, 0.1) is 0 Å². The van der Waals surface area contributed by atoms with Crippen molar-refractivity contribution < 1.29 is 98.2 Å². The molecule has 0 bridgehead atoms. The molecule has 0 fully saturated rings. The summed E-state index contributed by atoms with van der Waals surface area (Å²) in [4.78, 5) is 56.2. The number of rotatable bonds is 13. The van der Waals surface area contributed by atoms with E-state index in [1.54, 1.807) is 31.2 Å². The van der Waals surface area contributed by atoms with Gasteiger partial charge in [0.25, 0.3) is 23.6 Å². The normalized spacial score (nSPS) is 15.3. The van der Waals surface area contributed by atoms with Gasteiger partial charge in [0, 0.05) is 12.0 Å². The number of imide groups is 2. The number of amides is 4. The maximum atomic E-state index is 15.6. The van der Waals surface area contributed by atoms with Crippen LogP contribution in [0.2, 0.25) is 0 Å². The van der Waals surface area contributed by atoms with Crippen molar-refractivity contribution in [1.29, 1.82) is 0 Å². The summed E-state index contributed by atoms with van der Waals surface area (Å²) >= 11 is 0. The Morgan fingerprint density at radius 2 is 0.705 bits per heavy atom. The zero-order valence-electron chi connectivity index (χ0n) is 46.4. The fourth-order valence-corrected chi connectivity index (χ4v) is 11.3. The Hall–Kier alpha value is -8.44. The lowest BCUT2D eigenvalue weighted by atomic mass is 9.71. The Morgan fingerprint density at radius 1 is 0.364 bits per heavy atom. The highest BCUT2D eigenvalue weighted by molar-refractivity contribution is 6.34. The van der Waals surface area contributed by atoms with Crippen LogP contribution >= 0.6 is 0 Å². The molecule has 0 aliphatic carbocycles. The summed E-state index contributed by atoms with van der Waals surface area (Å²) in [5.74, 6) is -6.15. The van der Waals surface area contributed by atoms with E-state index < -0.39 is 161 Å². The largest absolute Gasteiger partial charge is 0.416 e. The minimum absolute atomic E-state index is 0.0641. The van der Waals surface area contributed by atoms with Crippen LogP contribution in [0.4, 0.5) is 84.7 Å². The fourth-order valence-electron chi connectivity index (χ4n) is 11.3. The summed E-state index contributed by atoms with van der Waals surface area (Å²) in [6.07, 6.45) is -32.9. The SMILES string of the molecule is CCC(C)N1C(=O)c2ccc(C(c3ccc4c(c3)C(=O)N(c3ccc(C(c5ccc(C(C)(CC)CC)cc5)c5cc(-c6cc(C(F)(F)F)cc(C(F)(F)F)c6)cc(-c6cc(C(F)(F)F)cc(C(F)(F)F)c6)c5)cc3)C4=O)(C(F)(F)F)C(F)(F)F)cc2C1=O. The van der Waals surface area contributed by atoms with Gasteiger partial charge in [0.05, 0.1) is 50.2 Å². The van der Waals surface area contributed by atoms with Crippen LogP contribution in [-0.2, 0) is 35.5 Å². The number of alkyl halides is 18. The first kappa shape index (κ1) is 64.0. The van der Waals surface area contributed by atoms with E-state index in [1.807, 2.05) is 20.8 Å². The predicted octanol–water partition coefficient (Wildman–Crippen LogP) is 19.0. The van der Waals surface area contributed by atoms with E-state index in [0.717, 1.165) is 35.9 Å². The summed E-state index contributed by atoms with van der Waals surface area (Å²) in [5, 5.41) is 0. The number of halogens is 18. The van der Waals surface area contributed by atoms with Crippen LogP contribution in [0.5, 0.6) is 0 Å². The molecular weight excluding hydrogens is 1200 g/mol. The minimum atomic E-state index is -6.29. The van der Waals surface area contributed by atoms with Crippen LogP contribution < -0.4 is 4.90 Å². The summed E-state index contributed by atoms with van der Waals surface area (Å²) in [6.45, 7) is 8.77. The topological polar surface area (TPSA) is 74.8 Å². The van der Waals surface area contributed by atoms with Crippen LogP contribution in [0.1, 0.15) is 157 Å². The summed E-state index contributed by atoms with van der Waals surface area (Å²) in [5.41, 5.74) is -21.0. The van der Waals surface area contributed by atoms with Gasteiger partial charge in [0.1, 0.15) is 0 Å². The zero-order chi connectivity index (χ0) is 65.0. The molecule has 0 spiro atoms. The number of fused-ring (bicyclic) bond motifs is 2. The predicted molar refractivity (Wildman–Crippen MR) is 286 cm³/mol. The monoisotopic (exact) mass is 1250 g/mol. The Kier molecular flexibility index (Phi) is 16.0. The molecule has 7 aromatic rings. The van der Waals surface area contributed by atoms with Gasteiger partial charge < -0.3 is 0 Å². The number of hydrogen-bond donors (Lipinski definition) is 0. The lowest BCUT2D eigenvalue weighted by Crippen LogP contribution is -2.55. The van der Waals surface area contributed by atoms with E-state index in [-0.39, 0.29) is 47.0 Å². The van der Waals surface area contributed by atoms with E-state index in [1.165, 1.54) is 19.1 Å². The summed E-state index contributed by atoms with van der Waals surface area (Å²) in [7, 11) is 0. The molecule has 0 N–H and O–H groups in total. The van der Waals surface area contributed by atoms with Crippen molar-refractivity contribution >= 4 is 29.3 Å². The zero-order valence-corrected chi connectivity index (χ0v) is 46.4. The number of hydrogen-bond acceptors (Lipinski definition) is 4. The molecule has 0 saturated heterocycles. The molecule has 24 heteroatoms. The van der Waals surface area contributed by atoms with Gasteiger partial charge in [-0.2, -0.15) is 79.0 Å². The third-order valence-corrected chi connectivity index (χ3v) is 16.7. The number of carbonyl (C=O) groups excluding carboxylic acids is 4. The summed E-state index contributed by atoms with van der Waals surface area (Å²) in [6, 6.07) is 16.5. The first-order valence-corrected chi connectivity index (χ1v) is 26.8. The second kappa shape index (κ2) is 22.0. The molecule has 7 aromatic carbocycles. The van der Waals surface area contributed by atoms with Gasteiger partial charge in [-0.15, -0.1) is 0 Å². The number of nitrogens with zero attached hydrogens (tertiary/aromatic N) is 2. The third kappa shape index (κ3) is 11.2. The second-order valence-corrected chi connectivity index (χ2v) is 21.8. The number of benzene rings is 7. The van der Waals surface area contributed by atoms with E-state index in [0.29, 0.717) is 77.2 Å². The molecular formula is C64H46F18N2O4. The standard InChI is InChI=1S/C64H46F18N2O4/c1-6-32(4)83-53(85)48-19-15-41(30-50(48)55(83)87)58(63(77,78)79,64(80,81)82)42-16-20-49-51(31-42)56(88)84(54(49)86)47-17-11-34(12-18-47)52(33-9-13-40(14-10-33)57(5,7-2)8-3)39-22-35(37-24-43(59(65,66)67)28-44(25-37)60(68,69)70)21-36(23-39)38-26-45(61(71,72)73)29-46(27-38)62(74,75)76/h9-32,52H,6-8H2,1-5H3. The molecule has 88 heavy (non-hydrogen) atoms. The third-order valence-electron chi connectivity index (χ3n) is 16.7. The maximum Gasteiger partial charge on any atom is 0.416 e. The molecule has 9 rings (SSSR count).